The number of ether oxygens (including phenoxy) is 1. The van der Waals surface area contributed by atoms with E-state index in [9.17, 15) is 21.6 Å². The van der Waals surface area contributed by atoms with Crippen LogP contribution in [0.3, 0.4) is 0 Å². The van der Waals surface area contributed by atoms with E-state index in [-0.39, 0.29) is 11.8 Å². The lowest BCUT2D eigenvalue weighted by atomic mass is 10.4. The van der Waals surface area contributed by atoms with Crippen LogP contribution in [0, 0.1) is 6.92 Å². The number of aryl methyl sites for hydroxylation is 2. The number of hydrogen-bond donors (Lipinski definition) is 1. The summed E-state index contributed by atoms with van der Waals surface area (Å²) in [6, 6.07) is 0.888. The van der Waals surface area contributed by atoms with E-state index in [4.69, 9.17) is 9.88 Å². The number of hydrogen-bond acceptors (Lipinski definition) is 9. The van der Waals surface area contributed by atoms with Crippen LogP contribution in [0.5, 0.6) is 6.01 Å². The Hall–Kier alpha value is -2.58. The highest BCUT2D eigenvalue weighted by molar-refractivity contribution is 7.93. The summed E-state index contributed by atoms with van der Waals surface area (Å²) in [4.78, 5) is 24.1. The van der Waals surface area contributed by atoms with Gasteiger partial charge in [-0.3, -0.25) is 4.79 Å². The Labute approximate surface area is 156 Å². The molecule has 0 fully saturated rings. The molecular weight excluding hydrogens is 400 g/mol. The molecule has 0 radical (unpaired) electrons. The van der Waals surface area contributed by atoms with Crippen molar-refractivity contribution in [3.63, 3.8) is 0 Å². The van der Waals surface area contributed by atoms with E-state index in [0.29, 0.717) is 4.31 Å². The first-order valence-corrected chi connectivity index (χ1v) is 10.6. The molecule has 0 aliphatic rings. The number of carbonyl (C=O) groups is 1. The molecule has 2 aromatic rings. The Balaban J connectivity index is 2.77. The van der Waals surface area contributed by atoms with Crippen LogP contribution < -0.4 is 14.2 Å². The summed E-state index contributed by atoms with van der Waals surface area (Å²) in [5, 5.41) is 5.14. The molecule has 0 aromatic carbocycles. The number of nitrogens with two attached hydrogens (primary N) is 1. The zero-order valence-electron chi connectivity index (χ0n) is 14.9. The van der Waals surface area contributed by atoms with Crippen molar-refractivity contribution >= 4 is 31.9 Å². The highest BCUT2D eigenvalue weighted by Crippen LogP contribution is 2.23. The summed E-state index contributed by atoms with van der Waals surface area (Å²) in [6.45, 7) is 2.76. The van der Waals surface area contributed by atoms with Crippen molar-refractivity contribution in [1.82, 2.24) is 19.5 Å². The van der Waals surface area contributed by atoms with Crippen LogP contribution in [0.2, 0.25) is 0 Å². The molecule has 0 saturated carbocycles. The zero-order chi connectivity index (χ0) is 20.6. The number of anilines is 1. The molecular formula is C13H18N6O6S2. The van der Waals surface area contributed by atoms with Crippen molar-refractivity contribution in [2.75, 3.05) is 17.2 Å². The van der Waals surface area contributed by atoms with Crippen molar-refractivity contribution in [2.24, 2.45) is 12.2 Å². The van der Waals surface area contributed by atoms with Gasteiger partial charge in [-0.1, -0.05) is 0 Å². The van der Waals surface area contributed by atoms with Crippen molar-refractivity contribution < 1.29 is 26.4 Å². The fourth-order valence-electron chi connectivity index (χ4n) is 2.19. The third kappa shape index (κ3) is 4.06. The quantitative estimate of drug-likeness (QED) is 0.629. The number of sulfonamides is 2. The predicted molar refractivity (Wildman–Crippen MR) is 94.2 cm³/mol. The second-order valence-electron chi connectivity index (χ2n) is 5.32. The number of amides is 1. The third-order valence-electron chi connectivity index (χ3n) is 3.45. The molecule has 2 aromatic heterocycles. The van der Waals surface area contributed by atoms with E-state index in [1.807, 2.05) is 0 Å². The number of carbonyl (C=O) groups excluding carboxylic acids is 1. The molecule has 2 rings (SSSR count). The second kappa shape index (κ2) is 7.21. The normalized spacial score (nSPS) is 12.0. The van der Waals surface area contributed by atoms with E-state index in [1.54, 1.807) is 0 Å². The Morgan fingerprint density at radius 1 is 1.26 bits per heavy atom. The molecule has 12 nitrogen and oxygen atoms in total. The first kappa shape index (κ1) is 20.7. The Morgan fingerprint density at radius 2 is 1.89 bits per heavy atom. The van der Waals surface area contributed by atoms with Gasteiger partial charge in [0, 0.05) is 13.2 Å². The lowest BCUT2D eigenvalue weighted by Gasteiger charge is -2.21. The average molecular weight is 418 g/mol. The van der Waals surface area contributed by atoms with Crippen molar-refractivity contribution in [2.45, 2.75) is 18.7 Å². The summed E-state index contributed by atoms with van der Waals surface area (Å²) in [6.07, 6.45) is 1.27. The van der Waals surface area contributed by atoms with Gasteiger partial charge in [0.25, 0.3) is 11.9 Å². The predicted octanol–water partition coefficient (Wildman–Crippen LogP) is -0.829. The molecule has 14 heteroatoms. The molecule has 27 heavy (non-hydrogen) atoms. The number of aromatic nitrogens is 4. The van der Waals surface area contributed by atoms with Gasteiger partial charge in [-0.15, -0.1) is 0 Å². The standard InChI is InChI=1S/C13H18N6O6S2/c1-5-26(21,22)19(12-15-8(2)16-13(17-12)25-4)11(20)10-9(27(14,23)24)6-7-18(10)3/h6-7H,5H2,1-4H3,(H2,14,23,24). The fourth-order valence-corrected chi connectivity index (χ4v) is 3.86. The summed E-state index contributed by atoms with van der Waals surface area (Å²) in [5.74, 6) is -2.07. The average Bonchev–Trinajstić information content (AvgIpc) is 2.96. The van der Waals surface area contributed by atoms with Gasteiger partial charge in [0.15, 0.2) is 0 Å². The molecule has 0 unspecified atom stereocenters. The van der Waals surface area contributed by atoms with Crippen molar-refractivity contribution in [1.29, 1.82) is 0 Å². The maximum atomic E-state index is 13.1. The van der Waals surface area contributed by atoms with Crippen LogP contribution in [0.25, 0.3) is 0 Å². The van der Waals surface area contributed by atoms with Gasteiger partial charge < -0.3 is 9.30 Å². The fraction of sp³-hybridized carbons (Fsp3) is 0.385. The summed E-state index contributed by atoms with van der Waals surface area (Å²) in [7, 11) is -5.89. The minimum absolute atomic E-state index is 0.0968. The van der Waals surface area contributed by atoms with E-state index in [1.165, 1.54) is 34.2 Å². The molecule has 0 saturated heterocycles. The van der Waals surface area contributed by atoms with Gasteiger partial charge in [-0.05, 0) is 19.9 Å². The van der Waals surface area contributed by atoms with Crippen LogP contribution in [-0.2, 0) is 27.1 Å². The van der Waals surface area contributed by atoms with Gasteiger partial charge >= 0.3 is 6.01 Å². The number of nitrogens with zero attached hydrogens (tertiary/aromatic N) is 5. The molecule has 0 spiro atoms. The van der Waals surface area contributed by atoms with Crippen molar-refractivity contribution in [3.8, 4) is 6.01 Å². The highest BCUT2D eigenvalue weighted by Gasteiger charge is 2.36. The lowest BCUT2D eigenvalue weighted by Crippen LogP contribution is -2.41. The van der Waals surface area contributed by atoms with Crippen LogP contribution in [0.4, 0.5) is 5.95 Å². The molecule has 0 bridgehead atoms. The smallest absolute Gasteiger partial charge is 0.321 e. The topological polar surface area (TPSA) is 167 Å². The molecule has 1 amide bonds. The second-order valence-corrected chi connectivity index (χ2v) is 8.96. The maximum Gasteiger partial charge on any atom is 0.321 e. The number of methoxy groups -OCH3 is 1. The first-order chi connectivity index (χ1) is 12.4. The van der Waals surface area contributed by atoms with E-state index < -0.39 is 48.2 Å². The van der Waals surface area contributed by atoms with E-state index in [2.05, 4.69) is 15.0 Å². The maximum absolute atomic E-state index is 13.1. The highest BCUT2D eigenvalue weighted by atomic mass is 32.2. The zero-order valence-corrected chi connectivity index (χ0v) is 16.6. The molecule has 148 valence electrons. The Bertz CT molecular complexity index is 1090. The number of primary sulfonamides is 1. The summed E-state index contributed by atoms with van der Waals surface area (Å²) in [5.41, 5.74) is -0.452. The van der Waals surface area contributed by atoms with Crippen LogP contribution >= 0.6 is 0 Å². The number of rotatable bonds is 6. The van der Waals surface area contributed by atoms with Gasteiger partial charge in [-0.2, -0.15) is 19.3 Å². The minimum Gasteiger partial charge on any atom is -0.467 e. The first-order valence-electron chi connectivity index (χ1n) is 7.44. The molecule has 0 aliphatic carbocycles. The minimum atomic E-state index is -4.29. The molecule has 2 heterocycles. The van der Waals surface area contributed by atoms with Crippen LogP contribution in [-0.4, -0.2) is 55.1 Å². The summed E-state index contributed by atoms with van der Waals surface area (Å²) >= 11 is 0. The van der Waals surface area contributed by atoms with Gasteiger partial charge in [0.1, 0.15) is 16.4 Å². The van der Waals surface area contributed by atoms with Gasteiger partial charge in [0.05, 0.1) is 12.9 Å². The van der Waals surface area contributed by atoms with Crippen LogP contribution in [0.15, 0.2) is 17.2 Å². The van der Waals surface area contributed by atoms with E-state index >= 15 is 0 Å². The SMILES string of the molecule is CCS(=O)(=O)N(C(=O)c1c(S(N)(=O)=O)ccn1C)c1nc(C)nc(OC)n1. The molecule has 0 aliphatic heterocycles. The van der Waals surface area contributed by atoms with Crippen molar-refractivity contribution in [3.05, 3.63) is 23.8 Å². The lowest BCUT2D eigenvalue weighted by molar-refractivity contribution is 0.0993. The van der Waals surface area contributed by atoms with E-state index in [0.717, 1.165) is 10.6 Å². The largest absolute Gasteiger partial charge is 0.467 e. The summed E-state index contributed by atoms with van der Waals surface area (Å²) < 4.78 is 55.1. The third-order valence-corrected chi connectivity index (χ3v) is 6.01. The Morgan fingerprint density at radius 3 is 2.41 bits per heavy atom. The Kier molecular flexibility index (Phi) is 5.53. The van der Waals surface area contributed by atoms with Crippen LogP contribution in [0.1, 0.15) is 23.2 Å². The van der Waals surface area contributed by atoms with Gasteiger partial charge in [0.2, 0.25) is 20.0 Å². The molecule has 2 N–H and O–H groups in total. The monoisotopic (exact) mass is 418 g/mol. The van der Waals surface area contributed by atoms with Gasteiger partial charge in [-0.25, -0.2) is 22.0 Å². The molecule has 0 atom stereocenters.